The fourth-order valence-electron chi connectivity index (χ4n) is 6.32. The standard InChI is InChI=1S/C26H33N3O4/c1-27-20-11-18(33-2)8-9-19(20)23-24(27)21(12-30)29(22(31)10-16-6-7-16)15-26(23)13-28(14-26)25(32)17-4-3-5-17/h8-9,11,16-17,21,30H,3-7,10,12-15H2,1-2H3/t21-/m1/s1. The van der Waals surface area contributed by atoms with Crippen LogP contribution in [-0.4, -0.2) is 64.6 Å². The van der Waals surface area contributed by atoms with Crippen LogP contribution < -0.4 is 4.74 Å². The summed E-state index contributed by atoms with van der Waals surface area (Å²) in [6.45, 7) is 1.75. The Morgan fingerprint density at radius 2 is 1.91 bits per heavy atom. The zero-order valence-corrected chi connectivity index (χ0v) is 19.5. The maximum absolute atomic E-state index is 13.4. The second kappa shape index (κ2) is 7.49. The van der Waals surface area contributed by atoms with Crippen molar-refractivity contribution in [1.82, 2.24) is 14.4 Å². The van der Waals surface area contributed by atoms with Gasteiger partial charge in [0, 0.05) is 56.2 Å². The number of methoxy groups -OCH3 is 1. The molecule has 1 spiro atoms. The number of carbonyl (C=O) groups excluding carboxylic acids is 2. The van der Waals surface area contributed by atoms with Crippen molar-refractivity contribution in [3.05, 3.63) is 29.5 Å². The van der Waals surface area contributed by atoms with Crippen molar-refractivity contribution in [2.45, 2.75) is 50.0 Å². The van der Waals surface area contributed by atoms with Crippen LogP contribution in [0.1, 0.15) is 55.8 Å². The third-order valence-corrected chi connectivity index (χ3v) is 8.55. The first-order valence-corrected chi connectivity index (χ1v) is 12.3. The van der Waals surface area contributed by atoms with E-state index in [2.05, 4.69) is 10.6 Å². The van der Waals surface area contributed by atoms with Gasteiger partial charge in [-0.1, -0.05) is 6.42 Å². The van der Waals surface area contributed by atoms with Crippen molar-refractivity contribution < 1.29 is 19.4 Å². The lowest BCUT2D eigenvalue weighted by Crippen LogP contribution is -2.69. The van der Waals surface area contributed by atoms with E-state index >= 15 is 0 Å². The molecule has 7 nitrogen and oxygen atoms in total. The Hall–Kier alpha value is -2.54. The first-order valence-electron chi connectivity index (χ1n) is 12.3. The molecule has 1 aromatic carbocycles. The molecule has 0 bridgehead atoms. The Balaban J connectivity index is 1.44. The molecule has 1 saturated heterocycles. The van der Waals surface area contributed by atoms with Gasteiger partial charge in [-0.15, -0.1) is 0 Å². The molecule has 176 valence electrons. The van der Waals surface area contributed by atoms with E-state index in [1.54, 1.807) is 7.11 Å². The van der Waals surface area contributed by atoms with Gasteiger partial charge in [-0.05, 0) is 49.3 Å². The highest BCUT2D eigenvalue weighted by Gasteiger charge is 2.56. The minimum atomic E-state index is -0.364. The smallest absolute Gasteiger partial charge is 0.225 e. The van der Waals surface area contributed by atoms with Gasteiger partial charge in [-0.25, -0.2) is 0 Å². The fourth-order valence-corrected chi connectivity index (χ4v) is 6.32. The van der Waals surface area contributed by atoms with Crippen LogP contribution >= 0.6 is 0 Å². The molecular formula is C26H33N3O4. The molecule has 2 amide bonds. The first-order chi connectivity index (χ1) is 16.0. The predicted octanol–water partition coefficient (Wildman–Crippen LogP) is 2.74. The van der Waals surface area contributed by atoms with Gasteiger partial charge in [0.2, 0.25) is 11.8 Å². The Labute approximate surface area is 194 Å². The van der Waals surface area contributed by atoms with Crippen LogP contribution in [0, 0.1) is 11.8 Å². The van der Waals surface area contributed by atoms with Crippen LogP contribution in [-0.2, 0) is 22.1 Å². The van der Waals surface area contributed by atoms with Gasteiger partial charge < -0.3 is 24.2 Å². The van der Waals surface area contributed by atoms with Crippen LogP contribution in [0.3, 0.4) is 0 Å². The minimum Gasteiger partial charge on any atom is -0.497 e. The highest BCUT2D eigenvalue weighted by atomic mass is 16.5. The summed E-state index contributed by atoms with van der Waals surface area (Å²) in [7, 11) is 3.68. The van der Waals surface area contributed by atoms with E-state index < -0.39 is 0 Å². The number of amides is 2. The van der Waals surface area contributed by atoms with Crippen molar-refractivity contribution in [2.24, 2.45) is 18.9 Å². The zero-order chi connectivity index (χ0) is 22.9. The van der Waals surface area contributed by atoms with E-state index in [-0.39, 0.29) is 35.8 Å². The second-order valence-corrected chi connectivity index (χ2v) is 10.7. The predicted molar refractivity (Wildman–Crippen MR) is 124 cm³/mol. The van der Waals surface area contributed by atoms with Crippen molar-refractivity contribution >= 4 is 22.7 Å². The lowest BCUT2D eigenvalue weighted by molar-refractivity contribution is -0.150. The molecule has 33 heavy (non-hydrogen) atoms. The number of hydrogen-bond acceptors (Lipinski definition) is 4. The van der Waals surface area contributed by atoms with E-state index in [4.69, 9.17) is 4.74 Å². The van der Waals surface area contributed by atoms with Crippen LogP contribution in [0.4, 0.5) is 0 Å². The third-order valence-electron chi connectivity index (χ3n) is 8.55. The first kappa shape index (κ1) is 21.0. The van der Waals surface area contributed by atoms with Gasteiger partial charge in [0.25, 0.3) is 0 Å². The second-order valence-electron chi connectivity index (χ2n) is 10.7. The molecule has 2 aliphatic heterocycles. The summed E-state index contributed by atoms with van der Waals surface area (Å²) in [5, 5.41) is 11.6. The van der Waals surface area contributed by atoms with E-state index in [9.17, 15) is 14.7 Å². The van der Waals surface area contributed by atoms with Crippen molar-refractivity contribution in [3.63, 3.8) is 0 Å². The summed E-state index contributed by atoms with van der Waals surface area (Å²) in [6, 6.07) is 5.74. The van der Waals surface area contributed by atoms with Crippen LogP contribution in [0.15, 0.2) is 18.2 Å². The number of hydrogen-bond donors (Lipinski definition) is 1. The molecule has 1 aromatic heterocycles. The molecule has 1 atom stereocenters. The number of aryl methyl sites for hydroxylation is 1. The summed E-state index contributed by atoms with van der Waals surface area (Å²) in [5.41, 5.74) is 2.97. The molecule has 3 heterocycles. The molecule has 0 radical (unpaired) electrons. The van der Waals surface area contributed by atoms with Crippen molar-refractivity contribution in [1.29, 1.82) is 0 Å². The number of likely N-dealkylation sites (tertiary alicyclic amines) is 1. The van der Waals surface area contributed by atoms with Crippen LogP contribution in [0.5, 0.6) is 5.75 Å². The summed E-state index contributed by atoms with van der Waals surface area (Å²) >= 11 is 0. The van der Waals surface area contributed by atoms with E-state index in [1.807, 2.05) is 29.0 Å². The van der Waals surface area contributed by atoms with Gasteiger partial charge in [-0.2, -0.15) is 0 Å². The maximum Gasteiger partial charge on any atom is 0.225 e. The fraction of sp³-hybridized carbons (Fsp3) is 0.615. The molecule has 6 rings (SSSR count). The topological polar surface area (TPSA) is 75.0 Å². The average molecular weight is 452 g/mol. The van der Waals surface area contributed by atoms with Crippen molar-refractivity contribution in [2.75, 3.05) is 33.4 Å². The number of carbonyl (C=O) groups is 2. The Kier molecular flexibility index (Phi) is 4.77. The minimum absolute atomic E-state index is 0.106. The summed E-state index contributed by atoms with van der Waals surface area (Å²) < 4.78 is 7.61. The van der Waals surface area contributed by atoms with Gasteiger partial charge in [-0.3, -0.25) is 9.59 Å². The molecule has 4 aliphatic rings. The number of fused-ring (bicyclic) bond motifs is 4. The highest BCUT2D eigenvalue weighted by Crippen LogP contribution is 2.50. The Morgan fingerprint density at radius 1 is 1.15 bits per heavy atom. The third kappa shape index (κ3) is 3.11. The van der Waals surface area contributed by atoms with Crippen LogP contribution in [0.25, 0.3) is 10.9 Å². The molecule has 2 saturated carbocycles. The molecular weight excluding hydrogens is 418 g/mol. The van der Waals surface area contributed by atoms with Gasteiger partial charge in [0.15, 0.2) is 0 Å². The number of benzene rings is 1. The number of rotatable bonds is 5. The SMILES string of the molecule is COc1ccc2c3c(n(C)c2c1)[C@@H](CO)N(C(=O)CC1CC1)CC31CN(C(=O)C2CCC2)C1. The Morgan fingerprint density at radius 3 is 2.52 bits per heavy atom. The van der Waals surface area contributed by atoms with E-state index in [1.165, 1.54) is 5.56 Å². The molecule has 2 aromatic rings. The number of ether oxygens (including phenoxy) is 1. The molecule has 3 fully saturated rings. The van der Waals surface area contributed by atoms with Crippen molar-refractivity contribution in [3.8, 4) is 5.75 Å². The molecule has 2 aliphatic carbocycles. The van der Waals surface area contributed by atoms with E-state index in [0.717, 1.165) is 54.5 Å². The number of aliphatic hydroxyl groups excluding tert-OH is 1. The largest absolute Gasteiger partial charge is 0.497 e. The lowest BCUT2D eigenvalue weighted by atomic mass is 9.67. The maximum atomic E-state index is 13.4. The van der Waals surface area contributed by atoms with Gasteiger partial charge in [0.05, 0.1) is 30.7 Å². The summed E-state index contributed by atoms with van der Waals surface area (Å²) in [6.07, 6.45) is 5.95. The highest BCUT2D eigenvalue weighted by molar-refractivity contribution is 5.91. The monoisotopic (exact) mass is 451 g/mol. The Bertz CT molecular complexity index is 1120. The molecule has 1 N–H and O–H groups in total. The number of nitrogens with zero attached hydrogens (tertiary/aromatic N) is 3. The normalized spacial score (nSPS) is 23.9. The van der Waals surface area contributed by atoms with Gasteiger partial charge >= 0.3 is 0 Å². The molecule has 7 heteroatoms. The van der Waals surface area contributed by atoms with Gasteiger partial charge in [0.1, 0.15) is 5.75 Å². The number of aromatic nitrogens is 1. The quantitative estimate of drug-likeness (QED) is 0.759. The zero-order valence-electron chi connectivity index (χ0n) is 19.5. The van der Waals surface area contributed by atoms with Crippen LogP contribution in [0.2, 0.25) is 0 Å². The summed E-state index contributed by atoms with van der Waals surface area (Å²) in [4.78, 5) is 30.3. The summed E-state index contributed by atoms with van der Waals surface area (Å²) in [5.74, 6) is 1.86. The van der Waals surface area contributed by atoms with E-state index in [0.29, 0.717) is 32.0 Å². The lowest BCUT2D eigenvalue weighted by Gasteiger charge is -2.57. The average Bonchev–Trinajstić information content (AvgIpc) is 3.52. The molecule has 0 unspecified atom stereocenters. The number of aliphatic hydroxyl groups is 1.